The van der Waals surface area contributed by atoms with Gasteiger partial charge in [0.15, 0.2) is 0 Å². The first-order valence-corrected chi connectivity index (χ1v) is 17.5. The number of rotatable bonds is 17. The quantitative estimate of drug-likeness (QED) is 0.147. The zero-order valence-corrected chi connectivity index (χ0v) is 27.5. The van der Waals surface area contributed by atoms with Crippen LogP contribution in [0, 0.1) is 11.8 Å². The van der Waals surface area contributed by atoms with Crippen LogP contribution in [0.15, 0.2) is 55.6 Å². The number of unbranched alkanes of at least 4 members (excludes halogenated alkanes) is 2. The molecule has 1 spiro atoms. The molecule has 6 atom stereocenters. The number of fused-ring (bicyclic) bond motifs is 1. The van der Waals surface area contributed by atoms with Crippen LogP contribution in [0.1, 0.15) is 88.7 Å². The van der Waals surface area contributed by atoms with Crippen LogP contribution in [0.4, 0.5) is 0 Å². The number of amides is 3. The third-order valence-corrected chi connectivity index (χ3v) is 10.5. The lowest BCUT2D eigenvalue weighted by Gasteiger charge is -2.40. The maximum absolute atomic E-state index is 14.7. The summed E-state index contributed by atoms with van der Waals surface area (Å²) < 4.78 is 12.2. The van der Waals surface area contributed by atoms with E-state index in [2.05, 4.69) is 18.5 Å². The molecule has 5 rings (SSSR count). The second kappa shape index (κ2) is 16.1. The van der Waals surface area contributed by atoms with Crippen LogP contribution in [-0.4, -0.2) is 88.7 Å². The summed E-state index contributed by atoms with van der Waals surface area (Å²) in [7, 11) is 0. The Bertz CT molecular complexity index is 1280. The maximum atomic E-state index is 14.7. The molecule has 3 aliphatic heterocycles. The van der Waals surface area contributed by atoms with Crippen molar-refractivity contribution in [3.63, 3.8) is 0 Å². The Hall–Kier alpha value is -3.50. The zero-order chi connectivity index (χ0) is 33.4. The van der Waals surface area contributed by atoms with E-state index in [1.54, 1.807) is 17.1 Å². The highest BCUT2D eigenvalue weighted by Gasteiger charge is 2.74. The van der Waals surface area contributed by atoms with E-state index in [1.807, 2.05) is 35.2 Å². The van der Waals surface area contributed by atoms with E-state index < -0.39 is 35.6 Å². The van der Waals surface area contributed by atoms with Gasteiger partial charge in [-0.15, -0.1) is 13.2 Å². The summed E-state index contributed by atoms with van der Waals surface area (Å²) in [6.45, 7) is 8.35. The van der Waals surface area contributed by atoms with Gasteiger partial charge in [0.1, 0.15) is 18.2 Å². The van der Waals surface area contributed by atoms with E-state index in [0.29, 0.717) is 45.2 Å². The van der Waals surface area contributed by atoms with Crippen LogP contribution in [0.25, 0.3) is 0 Å². The molecule has 1 aliphatic carbocycles. The maximum Gasteiger partial charge on any atom is 0.306 e. The molecule has 1 saturated carbocycles. The number of carbonyl (C=O) groups excluding carboxylic acids is 4. The third-order valence-electron chi connectivity index (χ3n) is 10.5. The lowest BCUT2D eigenvalue weighted by molar-refractivity contribution is -0.150. The molecule has 0 radical (unpaired) electrons. The molecule has 3 heterocycles. The molecule has 4 aliphatic rings. The molecule has 256 valence electrons. The minimum Gasteiger partial charge on any atom is -0.463 e. The number of carbonyl (C=O) groups is 4. The van der Waals surface area contributed by atoms with E-state index >= 15 is 0 Å². The molecule has 0 aromatic heterocycles. The largest absolute Gasteiger partial charge is 0.463 e. The highest BCUT2D eigenvalue weighted by Crippen LogP contribution is 2.58. The van der Waals surface area contributed by atoms with Crippen molar-refractivity contribution in [2.45, 2.75) is 107 Å². The molecular formula is C37H51N3O7. The average Bonchev–Trinajstić information content (AvgIpc) is 3.74. The van der Waals surface area contributed by atoms with Crippen molar-refractivity contribution in [3.05, 3.63) is 61.2 Å². The first-order chi connectivity index (χ1) is 22.9. The summed E-state index contributed by atoms with van der Waals surface area (Å²) in [6.07, 6.45) is 11.8. The minimum absolute atomic E-state index is 0.0519. The van der Waals surface area contributed by atoms with Gasteiger partial charge < -0.3 is 29.7 Å². The number of esters is 1. The van der Waals surface area contributed by atoms with E-state index in [4.69, 9.17) is 9.47 Å². The van der Waals surface area contributed by atoms with Crippen molar-refractivity contribution in [3.8, 4) is 0 Å². The Morgan fingerprint density at radius 3 is 2.55 bits per heavy atom. The summed E-state index contributed by atoms with van der Waals surface area (Å²) in [5.41, 5.74) is -0.314. The lowest BCUT2D eigenvalue weighted by atomic mass is 9.70. The van der Waals surface area contributed by atoms with Gasteiger partial charge in [-0.1, -0.05) is 61.7 Å². The number of ether oxygens (including phenoxy) is 2. The molecule has 0 unspecified atom stereocenters. The molecule has 3 amide bonds. The summed E-state index contributed by atoms with van der Waals surface area (Å²) in [5, 5.41) is 12.4. The molecule has 2 N–H and O–H groups in total. The number of benzene rings is 1. The number of likely N-dealkylation sites (tertiary alicyclic amines) is 1. The smallest absolute Gasteiger partial charge is 0.306 e. The zero-order valence-electron chi connectivity index (χ0n) is 27.5. The van der Waals surface area contributed by atoms with Crippen LogP contribution < -0.4 is 5.32 Å². The first kappa shape index (κ1) is 34.8. The Kier molecular flexibility index (Phi) is 11.9. The topological polar surface area (TPSA) is 125 Å². The van der Waals surface area contributed by atoms with Gasteiger partial charge in [-0.25, -0.2) is 0 Å². The fourth-order valence-corrected chi connectivity index (χ4v) is 8.29. The van der Waals surface area contributed by atoms with Gasteiger partial charge >= 0.3 is 5.97 Å². The molecule has 4 fully saturated rings. The number of allylic oxidation sites excluding steroid dienone is 1. The fraction of sp³-hybridized carbons (Fsp3) is 0.622. The molecule has 47 heavy (non-hydrogen) atoms. The number of nitrogens with one attached hydrogen (secondary N) is 1. The average molecular weight is 650 g/mol. The molecule has 10 heteroatoms. The lowest BCUT2D eigenvalue weighted by Crippen LogP contribution is -2.58. The van der Waals surface area contributed by atoms with E-state index in [1.165, 1.54) is 0 Å². The van der Waals surface area contributed by atoms with Crippen LogP contribution >= 0.6 is 0 Å². The second-order valence-corrected chi connectivity index (χ2v) is 13.4. The highest BCUT2D eigenvalue weighted by molar-refractivity contribution is 5.99. The first-order valence-electron chi connectivity index (χ1n) is 17.5. The standard InChI is InChI=1S/C37H51N3O7/c1-3-5-19-30(42)46-25-28(26-15-9-6-10-16-26)38-34(43)31-29-20-21-37(47-29)32(31)35(44)40(23-13-8-14-24-41)33(37)36(45)39(22-4-2)27-17-11-7-12-18-27/h3-4,6,9-10,15-16,27-29,31-33,41H,1-2,5,7-8,11-14,17-25H2,(H,38,43)/t28-,29-,31+,32+,33-,37+/m0/s1. The van der Waals surface area contributed by atoms with Crippen LogP contribution in [0.2, 0.25) is 0 Å². The molecule has 2 bridgehead atoms. The van der Waals surface area contributed by atoms with Crippen molar-refractivity contribution in [2.75, 3.05) is 26.3 Å². The van der Waals surface area contributed by atoms with Crippen LogP contribution in [-0.2, 0) is 28.7 Å². The molecule has 1 aromatic carbocycles. The van der Waals surface area contributed by atoms with Gasteiger partial charge in [-0.2, -0.15) is 0 Å². The number of aliphatic hydroxyl groups is 1. The predicted octanol–water partition coefficient (Wildman–Crippen LogP) is 4.24. The van der Waals surface area contributed by atoms with E-state index in [-0.39, 0.29) is 49.4 Å². The van der Waals surface area contributed by atoms with Crippen molar-refractivity contribution < 1.29 is 33.8 Å². The van der Waals surface area contributed by atoms with Gasteiger partial charge in [0, 0.05) is 32.2 Å². The third kappa shape index (κ3) is 7.33. The predicted molar refractivity (Wildman–Crippen MR) is 177 cm³/mol. The minimum atomic E-state index is -1.09. The Balaban J connectivity index is 1.41. The van der Waals surface area contributed by atoms with Gasteiger partial charge in [-0.05, 0) is 56.9 Å². The summed E-state index contributed by atoms with van der Waals surface area (Å²) in [4.78, 5) is 59.3. The SMILES string of the molecule is C=CCCC(=O)OC[C@H](NC(=O)[C@@H]1[C@@H]2CC[C@]3(O2)[C@H](C(=O)N(CC=C)C2CCCCC2)N(CCCCCO)C(=O)[C@@H]13)c1ccccc1. The number of hydrogen-bond acceptors (Lipinski definition) is 7. The molecule has 10 nitrogen and oxygen atoms in total. The molecule has 1 aromatic rings. The van der Waals surface area contributed by atoms with Crippen LogP contribution in [0.3, 0.4) is 0 Å². The van der Waals surface area contributed by atoms with Crippen LogP contribution in [0.5, 0.6) is 0 Å². The van der Waals surface area contributed by atoms with E-state index in [9.17, 15) is 24.3 Å². The number of aliphatic hydroxyl groups excluding tert-OH is 1. The fourth-order valence-electron chi connectivity index (χ4n) is 8.29. The number of nitrogens with zero attached hydrogens (tertiary/aromatic N) is 2. The summed E-state index contributed by atoms with van der Waals surface area (Å²) in [6, 6.07) is 7.95. The van der Waals surface area contributed by atoms with Gasteiger partial charge in [0.05, 0.1) is 24.0 Å². The van der Waals surface area contributed by atoms with Crippen molar-refractivity contribution in [2.24, 2.45) is 11.8 Å². The van der Waals surface area contributed by atoms with Gasteiger partial charge in [-0.3, -0.25) is 19.2 Å². The van der Waals surface area contributed by atoms with Crippen molar-refractivity contribution >= 4 is 23.7 Å². The Labute approximate surface area is 278 Å². The Morgan fingerprint density at radius 1 is 1.09 bits per heavy atom. The number of hydrogen-bond donors (Lipinski definition) is 2. The van der Waals surface area contributed by atoms with Gasteiger partial charge in [0.2, 0.25) is 17.7 Å². The second-order valence-electron chi connectivity index (χ2n) is 13.4. The van der Waals surface area contributed by atoms with Crippen molar-refractivity contribution in [1.82, 2.24) is 15.1 Å². The monoisotopic (exact) mass is 649 g/mol. The van der Waals surface area contributed by atoms with Gasteiger partial charge in [0.25, 0.3) is 0 Å². The highest BCUT2D eigenvalue weighted by atomic mass is 16.5. The van der Waals surface area contributed by atoms with E-state index in [0.717, 1.165) is 44.1 Å². The Morgan fingerprint density at radius 2 is 1.85 bits per heavy atom. The molecular weight excluding hydrogens is 598 g/mol. The van der Waals surface area contributed by atoms with Crippen molar-refractivity contribution in [1.29, 1.82) is 0 Å². The molecule has 3 saturated heterocycles. The summed E-state index contributed by atoms with van der Waals surface area (Å²) in [5.74, 6) is -2.63. The normalized spacial score (nSPS) is 27.3. The summed E-state index contributed by atoms with van der Waals surface area (Å²) >= 11 is 0.